The van der Waals surface area contributed by atoms with E-state index in [0.29, 0.717) is 5.92 Å². The van der Waals surface area contributed by atoms with E-state index in [4.69, 9.17) is 21.1 Å². The summed E-state index contributed by atoms with van der Waals surface area (Å²) in [6, 6.07) is 6.09. The molecule has 1 aromatic carbocycles. The summed E-state index contributed by atoms with van der Waals surface area (Å²) in [5.74, 6) is 2.01. The van der Waals surface area contributed by atoms with E-state index < -0.39 is 0 Å². The van der Waals surface area contributed by atoms with Crippen molar-refractivity contribution >= 4 is 11.6 Å². The molecular weight excluding hydrogens is 224 g/mol. The topological polar surface area (TPSA) is 18.5 Å². The van der Waals surface area contributed by atoms with Crippen LogP contribution in [-0.2, 0) is 0 Å². The third-order valence-electron chi connectivity index (χ3n) is 2.99. The molecule has 1 heterocycles. The molecule has 0 spiro atoms. The van der Waals surface area contributed by atoms with Gasteiger partial charge < -0.3 is 9.47 Å². The molecule has 0 amide bonds. The summed E-state index contributed by atoms with van der Waals surface area (Å²) < 4.78 is 11.2. The van der Waals surface area contributed by atoms with Gasteiger partial charge in [0, 0.05) is 11.8 Å². The van der Waals surface area contributed by atoms with E-state index in [1.165, 1.54) is 5.56 Å². The van der Waals surface area contributed by atoms with Gasteiger partial charge in [0.15, 0.2) is 11.5 Å². The molecule has 1 aliphatic rings. The van der Waals surface area contributed by atoms with Crippen LogP contribution in [0.1, 0.15) is 31.7 Å². The lowest BCUT2D eigenvalue weighted by atomic mass is 9.98. The van der Waals surface area contributed by atoms with Gasteiger partial charge in [-0.3, -0.25) is 0 Å². The van der Waals surface area contributed by atoms with Gasteiger partial charge >= 0.3 is 0 Å². The van der Waals surface area contributed by atoms with E-state index in [-0.39, 0.29) is 5.38 Å². The third-order valence-corrected chi connectivity index (χ3v) is 3.36. The maximum absolute atomic E-state index is 6.11. The summed E-state index contributed by atoms with van der Waals surface area (Å²) in [7, 11) is 0. The van der Waals surface area contributed by atoms with Gasteiger partial charge in [0.05, 0.1) is 13.2 Å². The first-order valence-electron chi connectivity index (χ1n) is 5.72. The molecular formula is C13H17ClO2. The third kappa shape index (κ3) is 2.43. The highest BCUT2D eigenvalue weighted by Crippen LogP contribution is 2.34. The number of alkyl halides is 1. The lowest BCUT2D eigenvalue weighted by Crippen LogP contribution is -2.05. The predicted octanol–water partition coefficient (Wildman–Crippen LogP) is 3.58. The summed E-state index contributed by atoms with van der Waals surface area (Å²) in [5, 5.41) is 0.116. The van der Waals surface area contributed by atoms with E-state index in [1.54, 1.807) is 0 Å². The van der Waals surface area contributed by atoms with Crippen LogP contribution in [0.25, 0.3) is 0 Å². The van der Waals surface area contributed by atoms with E-state index in [2.05, 4.69) is 13.0 Å². The quantitative estimate of drug-likeness (QED) is 0.736. The monoisotopic (exact) mass is 240 g/mol. The molecule has 3 heteroatoms. The zero-order valence-electron chi connectivity index (χ0n) is 9.70. The highest BCUT2D eigenvalue weighted by atomic mass is 35.5. The van der Waals surface area contributed by atoms with E-state index in [9.17, 15) is 0 Å². The summed E-state index contributed by atoms with van der Waals surface area (Å²) in [4.78, 5) is 0. The number of hydrogen-bond acceptors (Lipinski definition) is 2. The molecule has 88 valence electrons. The molecule has 0 saturated heterocycles. The van der Waals surface area contributed by atoms with Crippen molar-refractivity contribution in [2.75, 3.05) is 13.2 Å². The van der Waals surface area contributed by atoms with Crippen molar-refractivity contribution in [3.8, 4) is 11.5 Å². The van der Waals surface area contributed by atoms with Crippen molar-refractivity contribution in [1.82, 2.24) is 0 Å². The largest absolute Gasteiger partial charge is 0.490 e. The molecule has 0 N–H and O–H groups in total. The number of ether oxygens (including phenoxy) is 2. The normalized spacial score (nSPS) is 18.7. The van der Waals surface area contributed by atoms with Crippen molar-refractivity contribution in [2.24, 2.45) is 0 Å². The lowest BCUT2D eigenvalue weighted by molar-refractivity contribution is 0.297. The van der Waals surface area contributed by atoms with Gasteiger partial charge in [-0.15, -0.1) is 11.6 Å². The van der Waals surface area contributed by atoms with Crippen molar-refractivity contribution in [3.05, 3.63) is 23.8 Å². The number of hydrogen-bond donors (Lipinski definition) is 0. The molecule has 0 aliphatic carbocycles. The molecule has 0 fully saturated rings. The Labute approximate surface area is 102 Å². The molecule has 0 radical (unpaired) electrons. The van der Waals surface area contributed by atoms with Gasteiger partial charge in [-0.25, -0.2) is 0 Å². The Morgan fingerprint density at radius 3 is 2.50 bits per heavy atom. The van der Waals surface area contributed by atoms with Crippen molar-refractivity contribution in [3.63, 3.8) is 0 Å². The Kier molecular flexibility index (Phi) is 3.59. The van der Waals surface area contributed by atoms with Crippen LogP contribution in [0.4, 0.5) is 0 Å². The average molecular weight is 241 g/mol. The SMILES string of the molecule is CC(Cl)C(C)c1ccc2c(c1)OCCCO2. The zero-order chi connectivity index (χ0) is 11.5. The minimum atomic E-state index is 0.116. The van der Waals surface area contributed by atoms with Gasteiger partial charge in [0.2, 0.25) is 0 Å². The number of rotatable bonds is 2. The lowest BCUT2D eigenvalue weighted by Gasteiger charge is -2.16. The summed E-state index contributed by atoms with van der Waals surface area (Å²) in [6.45, 7) is 5.58. The Hall–Kier alpha value is -0.890. The van der Waals surface area contributed by atoms with E-state index >= 15 is 0 Å². The minimum absolute atomic E-state index is 0.116. The van der Waals surface area contributed by atoms with Crippen LogP contribution in [-0.4, -0.2) is 18.6 Å². The first-order chi connectivity index (χ1) is 7.68. The summed E-state index contributed by atoms with van der Waals surface area (Å²) in [6.07, 6.45) is 0.936. The summed E-state index contributed by atoms with van der Waals surface area (Å²) >= 11 is 6.11. The Morgan fingerprint density at radius 1 is 1.12 bits per heavy atom. The molecule has 2 atom stereocenters. The smallest absolute Gasteiger partial charge is 0.161 e. The second-order valence-corrected chi connectivity index (χ2v) is 4.91. The zero-order valence-corrected chi connectivity index (χ0v) is 10.5. The van der Waals surface area contributed by atoms with Crippen LogP contribution < -0.4 is 9.47 Å². The van der Waals surface area contributed by atoms with Crippen molar-refractivity contribution in [2.45, 2.75) is 31.6 Å². The number of benzene rings is 1. The molecule has 1 aromatic rings. The molecule has 2 rings (SSSR count). The van der Waals surface area contributed by atoms with Crippen LogP contribution in [0.5, 0.6) is 11.5 Å². The first-order valence-corrected chi connectivity index (χ1v) is 6.15. The van der Waals surface area contributed by atoms with Gasteiger partial charge in [-0.1, -0.05) is 13.0 Å². The molecule has 2 nitrogen and oxygen atoms in total. The number of halogens is 1. The first kappa shape index (κ1) is 11.6. The van der Waals surface area contributed by atoms with Crippen LogP contribution in [0, 0.1) is 0 Å². The van der Waals surface area contributed by atoms with Crippen LogP contribution in [0.3, 0.4) is 0 Å². The Bertz CT molecular complexity index is 363. The highest BCUT2D eigenvalue weighted by molar-refractivity contribution is 6.20. The summed E-state index contributed by atoms with van der Waals surface area (Å²) in [5.41, 5.74) is 1.20. The average Bonchev–Trinajstić information content (AvgIpc) is 2.51. The fourth-order valence-electron chi connectivity index (χ4n) is 1.73. The second-order valence-electron chi connectivity index (χ2n) is 4.22. The van der Waals surface area contributed by atoms with Gasteiger partial charge in [0.1, 0.15) is 0 Å². The Morgan fingerprint density at radius 2 is 1.81 bits per heavy atom. The molecule has 0 aromatic heterocycles. The fraction of sp³-hybridized carbons (Fsp3) is 0.538. The molecule has 1 aliphatic heterocycles. The number of fused-ring (bicyclic) bond motifs is 1. The van der Waals surface area contributed by atoms with Crippen LogP contribution >= 0.6 is 11.6 Å². The van der Waals surface area contributed by atoms with Gasteiger partial charge in [0.25, 0.3) is 0 Å². The Balaban J connectivity index is 2.27. The van der Waals surface area contributed by atoms with Gasteiger partial charge in [-0.05, 0) is 30.5 Å². The van der Waals surface area contributed by atoms with Crippen molar-refractivity contribution in [1.29, 1.82) is 0 Å². The maximum Gasteiger partial charge on any atom is 0.161 e. The van der Waals surface area contributed by atoms with E-state index in [1.807, 2.05) is 19.1 Å². The molecule has 0 bridgehead atoms. The predicted molar refractivity (Wildman–Crippen MR) is 65.8 cm³/mol. The molecule has 16 heavy (non-hydrogen) atoms. The standard InChI is InChI=1S/C13H17ClO2/c1-9(10(2)14)11-4-5-12-13(8-11)16-7-3-6-15-12/h4-5,8-10H,3,6-7H2,1-2H3. The second kappa shape index (κ2) is 4.96. The van der Waals surface area contributed by atoms with Crippen molar-refractivity contribution < 1.29 is 9.47 Å². The maximum atomic E-state index is 6.11. The van der Waals surface area contributed by atoms with Gasteiger partial charge in [-0.2, -0.15) is 0 Å². The van der Waals surface area contributed by atoms with Crippen LogP contribution in [0.2, 0.25) is 0 Å². The molecule has 0 saturated carbocycles. The highest BCUT2D eigenvalue weighted by Gasteiger charge is 2.16. The minimum Gasteiger partial charge on any atom is -0.490 e. The fourth-order valence-corrected chi connectivity index (χ4v) is 1.87. The molecule has 2 unspecified atom stereocenters. The van der Waals surface area contributed by atoms with E-state index in [0.717, 1.165) is 31.1 Å². The van der Waals surface area contributed by atoms with Crippen LogP contribution in [0.15, 0.2) is 18.2 Å².